The number of nitrogens with two attached hydrogens (primary N) is 1. The molecule has 3 aromatic rings. The second-order valence-electron chi connectivity index (χ2n) is 5.48. The van der Waals surface area contributed by atoms with Crippen LogP contribution in [0.1, 0.15) is 18.5 Å². The van der Waals surface area contributed by atoms with E-state index in [1.165, 1.54) is 0 Å². The fourth-order valence-electron chi connectivity index (χ4n) is 2.65. The molecule has 0 aliphatic carbocycles. The number of para-hydroxylation sites is 1. The van der Waals surface area contributed by atoms with E-state index in [-0.39, 0.29) is 6.04 Å². The van der Waals surface area contributed by atoms with Crippen LogP contribution < -0.4 is 15.2 Å². The zero-order valence-electron chi connectivity index (χ0n) is 13.5. The number of benzene rings is 2. The van der Waals surface area contributed by atoms with E-state index >= 15 is 0 Å². The van der Waals surface area contributed by atoms with E-state index in [1.54, 1.807) is 14.2 Å². The second-order valence-corrected chi connectivity index (χ2v) is 5.48. The molecule has 1 atom stereocenters. The van der Waals surface area contributed by atoms with Gasteiger partial charge in [-0.25, -0.2) is 4.98 Å². The highest BCUT2D eigenvalue weighted by Gasteiger charge is 2.16. The second kappa shape index (κ2) is 6.26. The minimum absolute atomic E-state index is 0.103. The Morgan fingerprint density at radius 3 is 2.48 bits per heavy atom. The molecule has 0 amide bonds. The van der Waals surface area contributed by atoms with E-state index in [9.17, 15) is 0 Å². The van der Waals surface area contributed by atoms with Crippen LogP contribution in [0, 0.1) is 0 Å². The van der Waals surface area contributed by atoms with Crippen LogP contribution in [-0.4, -0.2) is 19.2 Å². The average molecular weight is 308 g/mol. The summed E-state index contributed by atoms with van der Waals surface area (Å²) in [5, 5.41) is 1.10. The zero-order valence-corrected chi connectivity index (χ0v) is 13.5. The summed E-state index contributed by atoms with van der Waals surface area (Å²) in [5.74, 6) is 1.33. The molecule has 23 heavy (non-hydrogen) atoms. The van der Waals surface area contributed by atoms with E-state index in [4.69, 9.17) is 20.2 Å². The summed E-state index contributed by atoms with van der Waals surface area (Å²) >= 11 is 0. The molecule has 0 saturated carbocycles. The molecule has 0 saturated heterocycles. The molecule has 0 bridgehead atoms. The Labute approximate surface area is 135 Å². The van der Waals surface area contributed by atoms with Crippen molar-refractivity contribution in [2.24, 2.45) is 5.73 Å². The smallest absolute Gasteiger partial charge is 0.170 e. The van der Waals surface area contributed by atoms with Gasteiger partial charge in [0.25, 0.3) is 0 Å². The van der Waals surface area contributed by atoms with Crippen LogP contribution in [0.25, 0.3) is 22.2 Å². The molecule has 4 nitrogen and oxygen atoms in total. The van der Waals surface area contributed by atoms with Crippen LogP contribution in [0.4, 0.5) is 0 Å². The van der Waals surface area contributed by atoms with Crippen molar-refractivity contribution >= 4 is 10.9 Å². The van der Waals surface area contributed by atoms with Crippen molar-refractivity contribution in [1.29, 1.82) is 0 Å². The van der Waals surface area contributed by atoms with Crippen molar-refractivity contribution in [3.63, 3.8) is 0 Å². The topological polar surface area (TPSA) is 57.4 Å². The molecule has 4 heteroatoms. The van der Waals surface area contributed by atoms with Gasteiger partial charge in [0.1, 0.15) is 0 Å². The quantitative estimate of drug-likeness (QED) is 0.793. The van der Waals surface area contributed by atoms with Gasteiger partial charge in [0.05, 0.1) is 25.4 Å². The highest BCUT2D eigenvalue weighted by atomic mass is 16.5. The Morgan fingerprint density at radius 1 is 1.00 bits per heavy atom. The molecule has 2 aromatic carbocycles. The van der Waals surface area contributed by atoms with Gasteiger partial charge >= 0.3 is 0 Å². The fraction of sp³-hybridized carbons (Fsp3) is 0.211. The van der Waals surface area contributed by atoms with Gasteiger partial charge in [-0.05, 0) is 36.8 Å². The number of hydrogen-bond donors (Lipinski definition) is 1. The fourth-order valence-corrected chi connectivity index (χ4v) is 2.65. The summed E-state index contributed by atoms with van der Waals surface area (Å²) < 4.78 is 11.0. The van der Waals surface area contributed by atoms with E-state index in [0.717, 1.165) is 27.7 Å². The first-order valence-corrected chi connectivity index (χ1v) is 7.51. The lowest BCUT2D eigenvalue weighted by molar-refractivity contribution is 0.355. The van der Waals surface area contributed by atoms with Gasteiger partial charge in [0.2, 0.25) is 0 Å². The van der Waals surface area contributed by atoms with E-state index in [1.807, 2.05) is 49.4 Å². The van der Waals surface area contributed by atoms with Gasteiger partial charge in [0, 0.05) is 17.0 Å². The van der Waals surface area contributed by atoms with Crippen molar-refractivity contribution in [3.05, 3.63) is 54.1 Å². The van der Waals surface area contributed by atoms with Gasteiger partial charge in [-0.15, -0.1) is 0 Å². The number of fused-ring (bicyclic) bond motifs is 1. The monoisotopic (exact) mass is 308 g/mol. The lowest BCUT2D eigenvalue weighted by atomic mass is 10.0. The standard InChI is InChI=1S/C19H20N2O2/c1-12(20)14-10-15(19(23-3)18(11-14)22-2)17-9-8-13-6-4-5-7-16(13)21-17/h4-12H,20H2,1-3H3. The molecular formula is C19H20N2O2. The summed E-state index contributed by atoms with van der Waals surface area (Å²) in [7, 11) is 3.26. The predicted molar refractivity (Wildman–Crippen MR) is 92.9 cm³/mol. The zero-order chi connectivity index (χ0) is 16.4. The third kappa shape index (κ3) is 2.85. The van der Waals surface area contributed by atoms with Crippen molar-refractivity contribution < 1.29 is 9.47 Å². The molecule has 0 spiro atoms. The maximum Gasteiger partial charge on any atom is 0.170 e. The molecule has 0 radical (unpaired) electrons. The highest BCUT2D eigenvalue weighted by Crippen LogP contribution is 2.40. The van der Waals surface area contributed by atoms with Gasteiger partial charge in [0.15, 0.2) is 11.5 Å². The Bertz CT molecular complexity index is 844. The lowest BCUT2D eigenvalue weighted by Gasteiger charge is -2.16. The van der Waals surface area contributed by atoms with Gasteiger partial charge < -0.3 is 15.2 Å². The third-order valence-corrected chi connectivity index (χ3v) is 3.90. The van der Waals surface area contributed by atoms with Crippen LogP contribution in [-0.2, 0) is 0 Å². The molecule has 0 aliphatic rings. The van der Waals surface area contributed by atoms with Crippen LogP contribution in [0.15, 0.2) is 48.5 Å². The Morgan fingerprint density at radius 2 is 1.78 bits per heavy atom. The highest BCUT2D eigenvalue weighted by molar-refractivity contribution is 5.83. The first kappa shape index (κ1) is 15.3. The number of nitrogens with zero attached hydrogens (tertiary/aromatic N) is 1. The van der Waals surface area contributed by atoms with Crippen LogP contribution in [0.2, 0.25) is 0 Å². The summed E-state index contributed by atoms with van der Waals surface area (Å²) in [6.07, 6.45) is 0. The number of hydrogen-bond acceptors (Lipinski definition) is 4. The summed E-state index contributed by atoms with van der Waals surface area (Å²) in [4.78, 5) is 4.75. The van der Waals surface area contributed by atoms with Gasteiger partial charge in [-0.2, -0.15) is 0 Å². The molecular weight excluding hydrogens is 288 g/mol. The molecule has 1 unspecified atom stereocenters. The number of ether oxygens (including phenoxy) is 2. The third-order valence-electron chi connectivity index (χ3n) is 3.90. The molecule has 2 N–H and O–H groups in total. The van der Waals surface area contributed by atoms with E-state index < -0.39 is 0 Å². The van der Waals surface area contributed by atoms with Crippen LogP contribution >= 0.6 is 0 Å². The van der Waals surface area contributed by atoms with Crippen molar-refractivity contribution in [3.8, 4) is 22.8 Å². The van der Waals surface area contributed by atoms with E-state index in [0.29, 0.717) is 11.5 Å². The first-order chi connectivity index (χ1) is 11.1. The van der Waals surface area contributed by atoms with Crippen molar-refractivity contribution in [2.75, 3.05) is 14.2 Å². The summed E-state index contributed by atoms with van der Waals surface area (Å²) in [6.45, 7) is 1.94. The molecule has 118 valence electrons. The maximum absolute atomic E-state index is 6.05. The molecule has 1 heterocycles. The minimum atomic E-state index is -0.103. The SMILES string of the molecule is COc1cc(C(C)N)cc(-c2ccc3ccccc3n2)c1OC. The Kier molecular flexibility index (Phi) is 4.17. The van der Waals surface area contributed by atoms with Crippen molar-refractivity contribution in [1.82, 2.24) is 4.98 Å². The number of methoxy groups -OCH3 is 2. The van der Waals surface area contributed by atoms with Crippen LogP contribution in [0.5, 0.6) is 11.5 Å². The summed E-state index contributed by atoms with van der Waals surface area (Å²) in [6, 6.07) is 15.9. The molecule has 0 fully saturated rings. The molecule has 0 aliphatic heterocycles. The molecule has 3 rings (SSSR count). The lowest BCUT2D eigenvalue weighted by Crippen LogP contribution is -2.06. The van der Waals surface area contributed by atoms with E-state index in [2.05, 4.69) is 6.07 Å². The largest absolute Gasteiger partial charge is 0.493 e. The predicted octanol–water partition coefficient (Wildman–Crippen LogP) is 3.94. The van der Waals surface area contributed by atoms with Crippen LogP contribution in [0.3, 0.4) is 0 Å². The Hall–Kier alpha value is -2.59. The normalized spacial score (nSPS) is 12.2. The number of rotatable bonds is 4. The minimum Gasteiger partial charge on any atom is -0.493 e. The number of pyridine rings is 1. The first-order valence-electron chi connectivity index (χ1n) is 7.51. The van der Waals surface area contributed by atoms with Gasteiger partial charge in [-0.1, -0.05) is 24.3 Å². The maximum atomic E-state index is 6.05. The number of aromatic nitrogens is 1. The Balaban J connectivity index is 2.24. The molecule has 1 aromatic heterocycles. The van der Waals surface area contributed by atoms with Crippen molar-refractivity contribution in [2.45, 2.75) is 13.0 Å². The average Bonchev–Trinajstić information content (AvgIpc) is 2.59. The summed E-state index contributed by atoms with van der Waals surface area (Å²) in [5.41, 5.74) is 9.68. The van der Waals surface area contributed by atoms with Gasteiger partial charge in [-0.3, -0.25) is 0 Å².